The molecule has 0 fully saturated rings. The average molecular weight is 449 g/mol. The van der Waals surface area contributed by atoms with E-state index >= 15 is 0 Å². The van der Waals surface area contributed by atoms with Crippen LogP contribution in [0.5, 0.6) is 5.75 Å². The summed E-state index contributed by atoms with van der Waals surface area (Å²) in [5.74, 6) is 0.672. The third-order valence-corrected chi connectivity index (χ3v) is 5.63. The fourth-order valence-electron chi connectivity index (χ4n) is 2.82. The van der Waals surface area contributed by atoms with Gasteiger partial charge in [-0.05, 0) is 37.6 Å². The van der Waals surface area contributed by atoms with E-state index in [0.29, 0.717) is 23.3 Å². The Kier molecular flexibility index (Phi) is 7.70. The first kappa shape index (κ1) is 22.1. The fourth-order valence-corrected chi connectivity index (χ4v) is 3.88. The van der Waals surface area contributed by atoms with Crippen molar-refractivity contribution in [3.05, 3.63) is 70.8 Å². The number of ether oxygens (including phenoxy) is 1. The van der Waals surface area contributed by atoms with Crippen LogP contribution in [0.25, 0.3) is 0 Å². The SMILES string of the molecule is CCn1c(COc2ccc(F)cc2Cl)nnc1SCC(=O)NC(C)c1ccccc1. The molecule has 1 aromatic heterocycles. The molecule has 0 saturated carbocycles. The van der Waals surface area contributed by atoms with Gasteiger partial charge in [0.05, 0.1) is 16.8 Å². The zero-order valence-corrected chi connectivity index (χ0v) is 18.2. The molecular formula is C21H22ClFN4O2S. The topological polar surface area (TPSA) is 69.0 Å². The van der Waals surface area contributed by atoms with Crippen molar-refractivity contribution in [3.63, 3.8) is 0 Å². The van der Waals surface area contributed by atoms with Crippen molar-refractivity contribution in [2.24, 2.45) is 0 Å². The van der Waals surface area contributed by atoms with Crippen LogP contribution in [0.2, 0.25) is 5.02 Å². The highest BCUT2D eigenvalue weighted by molar-refractivity contribution is 7.99. The number of halogens is 2. The molecule has 0 spiro atoms. The van der Waals surface area contributed by atoms with E-state index in [4.69, 9.17) is 16.3 Å². The highest BCUT2D eigenvalue weighted by Crippen LogP contribution is 2.26. The minimum atomic E-state index is -0.428. The first-order chi connectivity index (χ1) is 14.5. The molecule has 9 heteroatoms. The van der Waals surface area contributed by atoms with E-state index in [1.54, 1.807) is 0 Å². The Labute approximate surface area is 183 Å². The van der Waals surface area contributed by atoms with Crippen molar-refractivity contribution in [1.82, 2.24) is 20.1 Å². The summed E-state index contributed by atoms with van der Waals surface area (Å²) in [4.78, 5) is 12.3. The minimum absolute atomic E-state index is 0.0761. The number of aromatic nitrogens is 3. The second-order valence-corrected chi connectivity index (χ2v) is 7.84. The Hall–Kier alpha value is -2.58. The number of nitrogens with zero attached hydrogens (tertiary/aromatic N) is 3. The molecular weight excluding hydrogens is 427 g/mol. The standard InChI is InChI=1S/C21H22ClFN4O2S/c1-3-27-19(12-29-18-10-9-16(23)11-17(18)22)25-26-21(27)30-13-20(28)24-14(2)15-7-5-4-6-8-15/h4-11,14H,3,12-13H2,1-2H3,(H,24,28). The lowest BCUT2D eigenvalue weighted by molar-refractivity contribution is -0.119. The maximum atomic E-state index is 13.2. The van der Waals surface area contributed by atoms with Crippen LogP contribution in [-0.2, 0) is 17.9 Å². The number of hydrogen-bond acceptors (Lipinski definition) is 5. The molecule has 0 saturated heterocycles. The smallest absolute Gasteiger partial charge is 0.230 e. The first-order valence-corrected chi connectivity index (χ1v) is 10.8. The Bertz CT molecular complexity index is 1000. The number of carbonyl (C=O) groups excluding carboxylic acids is 1. The third kappa shape index (κ3) is 5.73. The lowest BCUT2D eigenvalue weighted by Gasteiger charge is -2.14. The van der Waals surface area contributed by atoms with Crippen molar-refractivity contribution in [3.8, 4) is 5.75 Å². The molecule has 1 amide bonds. The molecule has 1 heterocycles. The lowest BCUT2D eigenvalue weighted by Crippen LogP contribution is -2.28. The van der Waals surface area contributed by atoms with Crippen LogP contribution in [0, 0.1) is 5.82 Å². The van der Waals surface area contributed by atoms with Gasteiger partial charge >= 0.3 is 0 Å². The Morgan fingerprint density at radius 2 is 2.03 bits per heavy atom. The molecule has 0 aliphatic carbocycles. The van der Waals surface area contributed by atoms with Gasteiger partial charge < -0.3 is 14.6 Å². The van der Waals surface area contributed by atoms with Crippen molar-refractivity contribution in [2.45, 2.75) is 38.2 Å². The quantitative estimate of drug-likeness (QED) is 0.483. The molecule has 0 bridgehead atoms. The van der Waals surface area contributed by atoms with E-state index in [1.807, 2.05) is 48.7 Å². The maximum absolute atomic E-state index is 13.2. The second-order valence-electron chi connectivity index (χ2n) is 6.50. The van der Waals surface area contributed by atoms with Gasteiger partial charge in [0.1, 0.15) is 18.2 Å². The Balaban J connectivity index is 1.56. The molecule has 0 radical (unpaired) electrons. The monoisotopic (exact) mass is 448 g/mol. The summed E-state index contributed by atoms with van der Waals surface area (Å²) in [5.41, 5.74) is 1.05. The van der Waals surface area contributed by atoms with Crippen LogP contribution in [-0.4, -0.2) is 26.4 Å². The second kappa shape index (κ2) is 10.4. The van der Waals surface area contributed by atoms with Gasteiger partial charge in [-0.3, -0.25) is 4.79 Å². The van der Waals surface area contributed by atoms with Crippen LogP contribution >= 0.6 is 23.4 Å². The van der Waals surface area contributed by atoms with Crippen molar-refractivity contribution < 1.29 is 13.9 Å². The van der Waals surface area contributed by atoms with E-state index in [2.05, 4.69) is 15.5 Å². The Morgan fingerprint density at radius 3 is 2.73 bits per heavy atom. The molecule has 3 aromatic rings. The zero-order valence-electron chi connectivity index (χ0n) is 16.6. The summed E-state index contributed by atoms with van der Waals surface area (Å²) in [6.45, 7) is 4.65. The number of amides is 1. The number of rotatable bonds is 9. The summed E-state index contributed by atoms with van der Waals surface area (Å²) < 4.78 is 20.7. The summed E-state index contributed by atoms with van der Waals surface area (Å²) in [5, 5.41) is 12.1. The van der Waals surface area contributed by atoms with E-state index < -0.39 is 5.82 Å². The molecule has 1 N–H and O–H groups in total. The van der Waals surface area contributed by atoms with Crippen LogP contribution in [0.3, 0.4) is 0 Å². The van der Waals surface area contributed by atoms with Gasteiger partial charge in [0.25, 0.3) is 0 Å². The van der Waals surface area contributed by atoms with Gasteiger partial charge in [-0.25, -0.2) is 4.39 Å². The van der Waals surface area contributed by atoms with Crippen LogP contribution in [0.1, 0.15) is 31.3 Å². The van der Waals surface area contributed by atoms with Crippen molar-refractivity contribution in [2.75, 3.05) is 5.75 Å². The number of nitrogens with one attached hydrogen (secondary N) is 1. The van der Waals surface area contributed by atoms with Crippen molar-refractivity contribution >= 4 is 29.3 Å². The van der Waals surface area contributed by atoms with E-state index in [1.165, 1.54) is 30.0 Å². The predicted molar refractivity (Wildman–Crippen MR) is 115 cm³/mol. The van der Waals surface area contributed by atoms with Crippen LogP contribution in [0.15, 0.2) is 53.7 Å². The molecule has 2 aromatic carbocycles. The van der Waals surface area contributed by atoms with Crippen LogP contribution < -0.4 is 10.1 Å². The minimum Gasteiger partial charge on any atom is -0.484 e. The molecule has 0 aliphatic rings. The van der Waals surface area contributed by atoms with Gasteiger partial charge in [-0.1, -0.05) is 53.7 Å². The molecule has 6 nitrogen and oxygen atoms in total. The largest absolute Gasteiger partial charge is 0.484 e. The molecule has 158 valence electrons. The summed E-state index contributed by atoms with van der Waals surface area (Å²) in [7, 11) is 0. The fraction of sp³-hybridized carbons (Fsp3) is 0.286. The van der Waals surface area contributed by atoms with Gasteiger partial charge in [-0.2, -0.15) is 0 Å². The van der Waals surface area contributed by atoms with Crippen molar-refractivity contribution in [1.29, 1.82) is 0 Å². The molecule has 1 unspecified atom stereocenters. The van der Waals surface area contributed by atoms with Gasteiger partial charge in [0.15, 0.2) is 11.0 Å². The lowest BCUT2D eigenvalue weighted by atomic mass is 10.1. The van der Waals surface area contributed by atoms with E-state index in [9.17, 15) is 9.18 Å². The Morgan fingerprint density at radius 1 is 1.27 bits per heavy atom. The predicted octanol–water partition coefficient (Wildman–Crippen LogP) is 4.64. The van der Waals surface area contributed by atoms with Crippen LogP contribution in [0.4, 0.5) is 4.39 Å². The number of thioether (sulfide) groups is 1. The van der Waals surface area contributed by atoms with Gasteiger partial charge in [-0.15, -0.1) is 10.2 Å². The normalized spacial score (nSPS) is 11.9. The zero-order chi connectivity index (χ0) is 21.5. The summed E-state index contributed by atoms with van der Waals surface area (Å²) >= 11 is 7.30. The molecule has 3 rings (SSSR count). The molecule has 30 heavy (non-hydrogen) atoms. The maximum Gasteiger partial charge on any atom is 0.230 e. The van der Waals surface area contributed by atoms with Gasteiger partial charge in [0.2, 0.25) is 5.91 Å². The van der Waals surface area contributed by atoms with E-state index in [0.717, 1.165) is 5.56 Å². The number of hydrogen-bond donors (Lipinski definition) is 1. The number of carbonyl (C=O) groups is 1. The average Bonchev–Trinajstić information content (AvgIpc) is 3.14. The summed E-state index contributed by atoms with van der Waals surface area (Å²) in [6.07, 6.45) is 0. The summed E-state index contributed by atoms with van der Waals surface area (Å²) in [6, 6.07) is 13.7. The molecule has 0 aliphatic heterocycles. The highest BCUT2D eigenvalue weighted by Gasteiger charge is 2.15. The third-order valence-electron chi connectivity index (χ3n) is 4.37. The molecule has 1 atom stereocenters. The van der Waals surface area contributed by atoms with E-state index in [-0.39, 0.29) is 29.3 Å². The first-order valence-electron chi connectivity index (χ1n) is 9.45. The highest BCUT2D eigenvalue weighted by atomic mass is 35.5. The number of benzene rings is 2. The van der Waals surface area contributed by atoms with Gasteiger partial charge in [0, 0.05) is 6.54 Å².